The zero-order valence-electron chi connectivity index (χ0n) is 12.7. The number of amides is 1. The molecule has 4 nitrogen and oxygen atoms in total. The molecule has 114 valence electrons. The predicted octanol–water partition coefficient (Wildman–Crippen LogP) is 3.82. The molecule has 0 aromatic heterocycles. The van der Waals surface area contributed by atoms with Crippen molar-refractivity contribution in [3.8, 4) is 0 Å². The summed E-state index contributed by atoms with van der Waals surface area (Å²) in [4.78, 5) is 13.8. The molecule has 0 spiro atoms. The van der Waals surface area contributed by atoms with Crippen LogP contribution in [0.3, 0.4) is 0 Å². The molecular formula is C18H20N2O2. The van der Waals surface area contributed by atoms with E-state index in [0.717, 1.165) is 25.2 Å². The maximum absolute atomic E-state index is 11.5. The molecule has 1 N–H and O–H groups in total. The van der Waals surface area contributed by atoms with Gasteiger partial charge in [-0.3, -0.25) is 5.32 Å². The van der Waals surface area contributed by atoms with E-state index in [4.69, 9.17) is 4.74 Å². The lowest BCUT2D eigenvalue weighted by molar-refractivity contribution is 0.168. The van der Waals surface area contributed by atoms with Crippen molar-refractivity contribution < 1.29 is 9.53 Å². The van der Waals surface area contributed by atoms with E-state index in [1.165, 1.54) is 16.8 Å². The fraction of sp³-hybridized carbons (Fsp3) is 0.278. The Kier molecular flexibility index (Phi) is 4.28. The van der Waals surface area contributed by atoms with Gasteiger partial charge in [-0.25, -0.2) is 4.79 Å². The number of benzene rings is 2. The normalized spacial score (nSPS) is 12.9. The molecule has 3 rings (SSSR count). The summed E-state index contributed by atoms with van der Waals surface area (Å²) in [6, 6.07) is 16.5. The van der Waals surface area contributed by atoms with E-state index in [2.05, 4.69) is 40.5 Å². The Morgan fingerprint density at radius 1 is 1.23 bits per heavy atom. The predicted molar refractivity (Wildman–Crippen MR) is 88.3 cm³/mol. The lowest BCUT2D eigenvalue weighted by Crippen LogP contribution is -2.19. The zero-order chi connectivity index (χ0) is 15.4. The molecular weight excluding hydrogens is 276 g/mol. The molecule has 1 amide bonds. The highest BCUT2D eigenvalue weighted by molar-refractivity contribution is 5.85. The maximum Gasteiger partial charge on any atom is 0.411 e. The minimum absolute atomic E-state index is 0.377. The summed E-state index contributed by atoms with van der Waals surface area (Å²) >= 11 is 0. The second-order valence-electron chi connectivity index (χ2n) is 5.35. The Bertz CT molecular complexity index is 655. The molecule has 4 heteroatoms. The molecule has 1 heterocycles. The molecule has 2 aromatic carbocycles. The molecule has 22 heavy (non-hydrogen) atoms. The lowest BCUT2D eigenvalue weighted by atomic mass is 10.1. The average molecular weight is 296 g/mol. The third kappa shape index (κ3) is 3.22. The smallest absolute Gasteiger partial charge is 0.411 e. The van der Waals surface area contributed by atoms with Gasteiger partial charge in [0.05, 0.1) is 6.61 Å². The summed E-state index contributed by atoms with van der Waals surface area (Å²) in [5.74, 6) is 0. The molecule has 1 aliphatic heterocycles. The van der Waals surface area contributed by atoms with Gasteiger partial charge in [-0.2, -0.15) is 0 Å². The Morgan fingerprint density at radius 2 is 2.05 bits per heavy atom. The summed E-state index contributed by atoms with van der Waals surface area (Å²) < 4.78 is 4.90. The minimum Gasteiger partial charge on any atom is -0.450 e. The monoisotopic (exact) mass is 296 g/mol. The van der Waals surface area contributed by atoms with Crippen LogP contribution in [-0.4, -0.2) is 19.2 Å². The van der Waals surface area contributed by atoms with E-state index < -0.39 is 6.09 Å². The standard InChI is InChI=1S/C18H20N2O2/c1-2-22-18(21)19-16-8-9-17-15(12-16)10-11-20(17)13-14-6-4-3-5-7-14/h3-9,12H,2,10-11,13H2,1H3,(H,19,21). The Morgan fingerprint density at radius 3 is 2.82 bits per heavy atom. The number of carbonyl (C=O) groups is 1. The van der Waals surface area contributed by atoms with Crippen molar-refractivity contribution in [3.63, 3.8) is 0 Å². The SMILES string of the molecule is CCOC(=O)Nc1ccc2c(c1)CCN2Cc1ccccc1. The van der Waals surface area contributed by atoms with Crippen molar-refractivity contribution in [3.05, 3.63) is 59.7 Å². The van der Waals surface area contributed by atoms with Crippen molar-refractivity contribution >= 4 is 17.5 Å². The first-order valence-electron chi connectivity index (χ1n) is 7.62. The average Bonchev–Trinajstić information content (AvgIpc) is 2.91. The third-order valence-electron chi connectivity index (χ3n) is 3.81. The van der Waals surface area contributed by atoms with E-state index in [0.29, 0.717) is 6.61 Å². The highest BCUT2D eigenvalue weighted by atomic mass is 16.5. The number of fused-ring (bicyclic) bond motifs is 1. The Balaban J connectivity index is 1.71. The van der Waals surface area contributed by atoms with Gasteiger partial charge in [0.1, 0.15) is 0 Å². The Hall–Kier alpha value is -2.49. The van der Waals surface area contributed by atoms with Gasteiger partial charge in [-0.1, -0.05) is 30.3 Å². The second-order valence-corrected chi connectivity index (χ2v) is 5.35. The van der Waals surface area contributed by atoms with Crippen LogP contribution in [0.25, 0.3) is 0 Å². The second kappa shape index (κ2) is 6.52. The summed E-state index contributed by atoms with van der Waals surface area (Å²) in [5.41, 5.74) is 4.62. The highest BCUT2D eigenvalue weighted by Crippen LogP contribution is 2.31. The number of hydrogen-bond acceptors (Lipinski definition) is 3. The van der Waals surface area contributed by atoms with Gasteiger partial charge in [0.25, 0.3) is 0 Å². The van der Waals surface area contributed by atoms with Gasteiger partial charge < -0.3 is 9.64 Å². The first-order chi connectivity index (χ1) is 10.8. The molecule has 0 aliphatic carbocycles. The Labute approximate surface area is 130 Å². The molecule has 2 aromatic rings. The van der Waals surface area contributed by atoms with Crippen molar-refractivity contribution in [2.75, 3.05) is 23.4 Å². The molecule has 0 saturated carbocycles. The zero-order valence-corrected chi connectivity index (χ0v) is 12.7. The molecule has 1 aliphatic rings. The van der Waals surface area contributed by atoms with Crippen LogP contribution < -0.4 is 10.2 Å². The number of hydrogen-bond donors (Lipinski definition) is 1. The molecule has 0 saturated heterocycles. The van der Waals surface area contributed by atoms with Crippen LogP contribution in [0.2, 0.25) is 0 Å². The minimum atomic E-state index is -0.401. The number of carbonyl (C=O) groups excluding carboxylic acids is 1. The van der Waals surface area contributed by atoms with Gasteiger partial charge in [0, 0.05) is 24.5 Å². The number of anilines is 2. The topological polar surface area (TPSA) is 41.6 Å². The summed E-state index contributed by atoms with van der Waals surface area (Å²) in [7, 11) is 0. The van der Waals surface area contributed by atoms with Gasteiger partial charge in [-0.15, -0.1) is 0 Å². The van der Waals surface area contributed by atoms with Crippen LogP contribution in [0.1, 0.15) is 18.1 Å². The van der Waals surface area contributed by atoms with Crippen LogP contribution >= 0.6 is 0 Å². The first kappa shape index (κ1) is 14.4. The van der Waals surface area contributed by atoms with Gasteiger partial charge in [0.2, 0.25) is 0 Å². The molecule has 0 bridgehead atoms. The fourth-order valence-corrected chi connectivity index (χ4v) is 2.80. The quantitative estimate of drug-likeness (QED) is 0.932. The molecule has 0 fully saturated rings. The van der Waals surface area contributed by atoms with Crippen molar-refractivity contribution in [1.82, 2.24) is 0 Å². The molecule has 0 unspecified atom stereocenters. The highest BCUT2D eigenvalue weighted by Gasteiger charge is 2.19. The summed E-state index contributed by atoms with van der Waals surface area (Å²) in [6.07, 6.45) is 0.599. The van der Waals surface area contributed by atoms with Crippen LogP contribution in [0.5, 0.6) is 0 Å². The van der Waals surface area contributed by atoms with E-state index in [1.807, 2.05) is 18.2 Å². The number of ether oxygens (including phenoxy) is 1. The van der Waals surface area contributed by atoms with E-state index in [1.54, 1.807) is 6.92 Å². The number of rotatable bonds is 4. The van der Waals surface area contributed by atoms with Crippen LogP contribution in [-0.2, 0) is 17.7 Å². The fourth-order valence-electron chi connectivity index (χ4n) is 2.80. The summed E-state index contributed by atoms with van der Waals surface area (Å²) in [5, 5.41) is 2.76. The number of nitrogens with zero attached hydrogens (tertiary/aromatic N) is 1. The molecule has 0 atom stereocenters. The van der Waals surface area contributed by atoms with Crippen molar-refractivity contribution in [1.29, 1.82) is 0 Å². The first-order valence-corrected chi connectivity index (χ1v) is 7.62. The van der Waals surface area contributed by atoms with Crippen LogP contribution in [0.15, 0.2) is 48.5 Å². The largest absolute Gasteiger partial charge is 0.450 e. The van der Waals surface area contributed by atoms with Crippen LogP contribution in [0.4, 0.5) is 16.2 Å². The van der Waals surface area contributed by atoms with E-state index >= 15 is 0 Å². The summed E-state index contributed by atoms with van der Waals surface area (Å²) in [6.45, 7) is 4.09. The maximum atomic E-state index is 11.5. The van der Waals surface area contributed by atoms with E-state index in [-0.39, 0.29) is 0 Å². The van der Waals surface area contributed by atoms with Gasteiger partial charge in [0.15, 0.2) is 0 Å². The van der Waals surface area contributed by atoms with Crippen LogP contribution in [0, 0.1) is 0 Å². The number of nitrogens with one attached hydrogen (secondary N) is 1. The third-order valence-corrected chi connectivity index (χ3v) is 3.81. The van der Waals surface area contributed by atoms with E-state index in [9.17, 15) is 4.79 Å². The van der Waals surface area contributed by atoms with Gasteiger partial charge in [-0.05, 0) is 42.7 Å². The lowest BCUT2D eigenvalue weighted by Gasteiger charge is -2.19. The van der Waals surface area contributed by atoms with Gasteiger partial charge >= 0.3 is 6.09 Å². The van der Waals surface area contributed by atoms with Crippen molar-refractivity contribution in [2.24, 2.45) is 0 Å². The molecule has 0 radical (unpaired) electrons. The van der Waals surface area contributed by atoms with Crippen molar-refractivity contribution in [2.45, 2.75) is 19.9 Å².